The standard InChI is InChI=1S/C17H13F3N2O2S2/c1-11-21-16(10-25-11)12-3-2-4-14(9-12)22-26(23,24)15-7-5-13(6-8-15)17(18,19)20/h2-10,22H,1H3. The van der Waals surface area contributed by atoms with Gasteiger partial charge < -0.3 is 0 Å². The number of nitrogens with one attached hydrogen (secondary N) is 1. The minimum Gasteiger partial charge on any atom is -0.280 e. The average molecular weight is 398 g/mol. The SMILES string of the molecule is Cc1nc(-c2cccc(NS(=O)(=O)c3ccc(C(F)(F)F)cc3)c2)cs1. The maximum Gasteiger partial charge on any atom is 0.416 e. The van der Waals surface area contributed by atoms with E-state index in [0.717, 1.165) is 40.5 Å². The Bertz CT molecular complexity index is 1030. The van der Waals surface area contributed by atoms with Gasteiger partial charge in [0.25, 0.3) is 10.0 Å². The van der Waals surface area contributed by atoms with Crippen LogP contribution in [-0.2, 0) is 16.2 Å². The highest BCUT2D eigenvalue weighted by atomic mass is 32.2. The van der Waals surface area contributed by atoms with E-state index >= 15 is 0 Å². The molecular weight excluding hydrogens is 385 g/mol. The molecule has 0 aliphatic carbocycles. The number of sulfonamides is 1. The lowest BCUT2D eigenvalue weighted by Gasteiger charge is -2.11. The van der Waals surface area contributed by atoms with Crippen molar-refractivity contribution < 1.29 is 21.6 Å². The van der Waals surface area contributed by atoms with Crippen molar-refractivity contribution in [2.45, 2.75) is 18.0 Å². The number of halogens is 3. The molecule has 0 amide bonds. The summed E-state index contributed by atoms with van der Waals surface area (Å²) >= 11 is 1.48. The number of aromatic nitrogens is 1. The monoisotopic (exact) mass is 398 g/mol. The maximum absolute atomic E-state index is 12.6. The van der Waals surface area contributed by atoms with Gasteiger partial charge in [0.15, 0.2) is 0 Å². The Kier molecular flexibility index (Phi) is 4.76. The summed E-state index contributed by atoms with van der Waals surface area (Å²) in [7, 11) is -4.00. The van der Waals surface area contributed by atoms with Gasteiger partial charge in [-0.3, -0.25) is 4.72 Å². The molecule has 0 atom stereocenters. The van der Waals surface area contributed by atoms with E-state index in [9.17, 15) is 21.6 Å². The number of anilines is 1. The van der Waals surface area contributed by atoms with Crippen LogP contribution in [0.1, 0.15) is 10.6 Å². The molecule has 4 nitrogen and oxygen atoms in total. The van der Waals surface area contributed by atoms with Crippen LogP contribution in [0.3, 0.4) is 0 Å². The third-order valence-corrected chi connectivity index (χ3v) is 5.69. The maximum atomic E-state index is 12.6. The topological polar surface area (TPSA) is 59.1 Å². The molecule has 26 heavy (non-hydrogen) atoms. The van der Waals surface area contributed by atoms with Crippen molar-refractivity contribution in [1.29, 1.82) is 0 Å². The summed E-state index contributed by atoms with van der Waals surface area (Å²) in [6, 6.07) is 9.99. The second-order valence-electron chi connectivity index (χ2n) is 5.46. The third-order valence-electron chi connectivity index (χ3n) is 3.52. The van der Waals surface area contributed by atoms with Gasteiger partial charge in [-0.1, -0.05) is 12.1 Å². The smallest absolute Gasteiger partial charge is 0.280 e. The molecule has 0 aliphatic heterocycles. The lowest BCUT2D eigenvalue weighted by Crippen LogP contribution is -2.13. The molecular formula is C17H13F3N2O2S2. The van der Waals surface area contributed by atoms with E-state index in [2.05, 4.69) is 9.71 Å². The molecule has 1 aromatic heterocycles. The third kappa shape index (κ3) is 4.05. The zero-order valence-corrected chi connectivity index (χ0v) is 15.0. The molecule has 0 spiro atoms. The van der Waals surface area contributed by atoms with Gasteiger partial charge >= 0.3 is 6.18 Å². The lowest BCUT2D eigenvalue weighted by molar-refractivity contribution is -0.137. The molecule has 0 fully saturated rings. The molecule has 136 valence electrons. The van der Waals surface area contributed by atoms with Crippen LogP contribution in [0.4, 0.5) is 18.9 Å². The van der Waals surface area contributed by atoms with E-state index in [4.69, 9.17) is 0 Å². The van der Waals surface area contributed by atoms with Crippen molar-refractivity contribution in [2.75, 3.05) is 4.72 Å². The van der Waals surface area contributed by atoms with Gasteiger partial charge in [-0.2, -0.15) is 13.2 Å². The van der Waals surface area contributed by atoms with Gasteiger partial charge in [-0.25, -0.2) is 13.4 Å². The van der Waals surface area contributed by atoms with Gasteiger partial charge in [0, 0.05) is 16.6 Å². The zero-order valence-electron chi connectivity index (χ0n) is 13.4. The predicted molar refractivity (Wildman–Crippen MR) is 94.5 cm³/mol. The van der Waals surface area contributed by atoms with Crippen molar-refractivity contribution in [1.82, 2.24) is 4.98 Å². The Morgan fingerprint density at radius 3 is 2.35 bits per heavy atom. The van der Waals surface area contributed by atoms with E-state index in [0.29, 0.717) is 5.69 Å². The van der Waals surface area contributed by atoms with Gasteiger partial charge in [0.05, 0.1) is 21.2 Å². The minimum absolute atomic E-state index is 0.250. The fourth-order valence-corrected chi connectivity index (χ4v) is 3.95. The molecule has 1 N–H and O–H groups in total. The van der Waals surface area contributed by atoms with Crippen molar-refractivity contribution in [3.63, 3.8) is 0 Å². The molecule has 3 rings (SSSR count). The largest absolute Gasteiger partial charge is 0.416 e. The van der Waals surface area contributed by atoms with Crippen molar-refractivity contribution in [2.24, 2.45) is 0 Å². The fraction of sp³-hybridized carbons (Fsp3) is 0.118. The summed E-state index contributed by atoms with van der Waals surface area (Å²) in [5.41, 5.74) is 0.857. The van der Waals surface area contributed by atoms with Gasteiger partial charge in [0.2, 0.25) is 0 Å². The highest BCUT2D eigenvalue weighted by molar-refractivity contribution is 7.92. The highest BCUT2D eigenvalue weighted by Crippen LogP contribution is 2.30. The first-order valence-corrected chi connectivity index (χ1v) is 9.74. The molecule has 0 saturated heterocycles. The lowest BCUT2D eigenvalue weighted by atomic mass is 10.1. The Labute approximate surface area is 152 Å². The predicted octanol–water partition coefficient (Wildman–Crippen LogP) is 4.94. The Morgan fingerprint density at radius 2 is 1.77 bits per heavy atom. The summed E-state index contributed by atoms with van der Waals surface area (Å²) in [5.74, 6) is 0. The van der Waals surface area contributed by atoms with Crippen molar-refractivity contribution in [3.8, 4) is 11.3 Å². The number of rotatable bonds is 4. The van der Waals surface area contributed by atoms with Crippen LogP contribution in [0.5, 0.6) is 0 Å². The number of hydrogen-bond donors (Lipinski definition) is 1. The quantitative estimate of drug-likeness (QED) is 0.677. The molecule has 3 aromatic rings. The molecule has 0 unspecified atom stereocenters. The van der Waals surface area contributed by atoms with Crippen LogP contribution in [0.2, 0.25) is 0 Å². The van der Waals surface area contributed by atoms with E-state index in [-0.39, 0.29) is 4.90 Å². The fourth-order valence-electron chi connectivity index (χ4n) is 2.28. The first-order chi connectivity index (χ1) is 12.1. The molecule has 0 saturated carbocycles. The first kappa shape index (κ1) is 18.4. The van der Waals surface area contributed by atoms with Crippen LogP contribution in [0.15, 0.2) is 58.8 Å². The molecule has 0 radical (unpaired) electrons. The van der Waals surface area contributed by atoms with Gasteiger partial charge in [-0.15, -0.1) is 11.3 Å². The van der Waals surface area contributed by atoms with E-state index in [1.165, 1.54) is 11.3 Å². The van der Waals surface area contributed by atoms with Crippen LogP contribution < -0.4 is 4.72 Å². The summed E-state index contributed by atoms with van der Waals surface area (Å²) in [4.78, 5) is 4.09. The Morgan fingerprint density at radius 1 is 1.08 bits per heavy atom. The number of hydrogen-bond acceptors (Lipinski definition) is 4. The summed E-state index contributed by atoms with van der Waals surface area (Å²) in [6.07, 6.45) is -4.52. The molecule has 9 heteroatoms. The minimum atomic E-state index is -4.52. The molecule has 0 bridgehead atoms. The summed E-state index contributed by atoms with van der Waals surface area (Å²) in [6.45, 7) is 1.87. The zero-order chi connectivity index (χ0) is 18.9. The first-order valence-electron chi connectivity index (χ1n) is 7.38. The van der Waals surface area contributed by atoms with Crippen LogP contribution >= 0.6 is 11.3 Å². The van der Waals surface area contributed by atoms with Crippen LogP contribution in [0.25, 0.3) is 11.3 Å². The Balaban J connectivity index is 1.86. The number of benzene rings is 2. The van der Waals surface area contributed by atoms with Gasteiger partial charge in [0.1, 0.15) is 0 Å². The second-order valence-corrected chi connectivity index (χ2v) is 8.20. The number of nitrogens with zero attached hydrogens (tertiary/aromatic N) is 1. The van der Waals surface area contributed by atoms with Crippen molar-refractivity contribution >= 4 is 27.0 Å². The van der Waals surface area contributed by atoms with E-state index in [1.54, 1.807) is 24.3 Å². The Hall–Kier alpha value is -2.39. The van der Waals surface area contributed by atoms with Gasteiger partial charge in [-0.05, 0) is 43.3 Å². The highest BCUT2D eigenvalue weighted by Gasteiger charge is 2.30. The molecule has 2 aromatic carbocycles. The molecule has 0 aliphatic rings. The normalized spacial score (nSPS) is 12.2. The summed E-state index contributed by atoms with van der Waals surface area (Å²) in [5, 5.41) is 2.74. The number of alkyl halides is 3. The van der Waals surface area contributed by atoms with Crippen LogP contribution in [-0.4, -0.2) is 13.4 Å². The number of aryl methyl sites for hydroxylation is 1. The average Bonchev–Trinajstić information content (AvgIpc) is 3.01. The summed E-state index contributed by atoms with van der Waals surface area (Å²) < 4.78 is 65.0. The molecule has 1 heterocycles. The van der Waals surface area contributed by atoms with E-state index in [1.807, 2.05) is 12.3 Å². The second kappa shape index (κ2) is 6.73. The van der Waals surface area contributed by atoms with Crippen LogP contribution in [0, 0.1) is 6.92 Å². The van der Waals surface area contributed by atoms with Crippen molar-refractivity contribution in [3.05, 3.63) is 64.5 Å². The van der Waals surface area contributed by atoms with E-state index < -0.39 is 21.8 Å². The number of thiazole rings is 1.